The highest BCUT2D eigenvalue weighted by Crippen LogP contribution is 2.38. The molecule has 0 aliphatic heterocycles. The fourth-order valence-electron chi connectivity index (χ4n) is 1.77. The van der Waals surface area contributed by atoms with Gasteiger partial charge < -0.3 is 4.74 Å². The molecular weight excluding hydrogens is 417 g/mol. The summed E-state index contributed by atoms with van der Waals surface area (Å²) in [7, 11) is 1.44. The van der Waals surface area contributed by atoms with Gasteiger partial charge in [-0.25, -0.2) is 8.78 Å². The fraction of sp³-hybridized carbons (Fsp3) is 0.143. The Labute approximate surface area is 137 Å². The summed E-state index contributed by atoms with van der Waals surface area (Å²) in [5.74, 6) is -0.467. The Morgan fingerprint density at radius 2 is 1.70 bits per heavy atom. The van der Waals surface area contributed by atoms with E-state index in [0.717, 1.165) is 0 Å². The maximum atomic E-state index is 13.5. The molecule has 20 heavy (non-hydrogen) atoms. The van der Waals surface area contributed by atoms with Crippen molar-refractivity contribution in [3.63, 3.8) is 0 Å². The quantitative estimate of drug-likeness (QED) is 0.562. The van der Waals surface area contributed by atoms with E-state index in [9.17, 15) is 8.78 Å². The van der Waals surface area contributed by atoms with Gasteiger partial charge in [0.15, 0.2) is 0 Å². The lowest BCUT2D eigenvalue weighted by atomic mass is 10.0. The van der Waals surface area contributed by atoms with Gasteiger partial charge in [-0.15, -0.1) is 11.6 Å². The molecule has 0 heterocycles. The average Bonchev–Trinajstić information content (AvgIpc) is 2.43. The molecular formula is C14H9Br2ClF2O. The van der Waals surface area contributed by atoms with Crippen molar-refractivity contribution in [1.29, 1.82) is 0 Å². The number of hydrogen-bond donors (Lipinski definition) is 0. The highest BCUT2D eigenvalue weighted by molar-refractivity contribution is 9.10. The molecule has 2 aromatic rings. The third-order valence-electron chi connectivity index (χ3n) is 2.78. The van der Waals surface area contributed by atoms with Crippen LogP contribution in [0.25, 0.3) is 0 Å². The summed E-state index contributed by atoms with van der Waals surface area (Å²) in [6.07, 6.45) is 0. The van der Waals surface area contributed by atoms with Gasteiger partial charge >= 0.3 is 0 Å². The second kappa shape index (κ2) is 6.41. The van der Waals surface area contributed by atoms with Gasteiger partial charge in [0, 0.05) is 11.6 Å². The van der Waals surface area contributed by atoms with Crippen LogP contribution < -0.4 is 4.74 Å². The van der Waals surface area contributed by atoms with E-state index in [1.54, 1.807) is 18.2 Å². The highest BCUT2D eigenvalue weighted by atomic mass is 79.9. The first-order chi connectivity index (χ1) is 9.43. The largest absolute Gasteiger partial charge is 0.496 e. The summed E-state index contributed by atoms with van der Waals surface area (Å²) >= 11 is 12.6. The van der Waals surface area contributed by atoms with Crippen molar-refractivity contribution in [2.45, 2.75) is 5.38 Å². The van der Waals surface area contributed by atoms with Crippen molar-refractivity contribution in [2.24, 2.45) is 0 Å². The van der Waals surface area contributed by atoms with Crippen LogP contribution in [0.2, 0.25) is 0 Å². The molecule has 2 rings (SSSR count). The first-order valence-corrected chi connectivity index (χ1v) is 7.58. The lowest BCUT2D eigenvalue weighted by Gasteiger charge is -2.15. The Hall–Kier alpha value is -0.650. The van der Waals surface area contributed by atoms with Crippen molar-refractivity contribution in [1.82, 2.24) is 0 Å². The second-order valence-electron chi connectivity index (χ2n) is 4.04. The number of alkyl halides is 1. The molecule has 0 aliphatic carbocycles. The van der Waals surface area contributed by atoms with Crippen molar-refractivity contribution in [3.8, 4) is 5.75 Å². The molecule has 0 bridgehead atoms. The maximum absolute atomic E-state index is 13.5. The van der Waals surface area contributed by atoms with E-state index >= 15 is 0 Å². The number of halogens is 5. The van der Waals surface area contributed by atoms with Gasteiger partial charge in [-0.2, -0.15) is 0 Å². The highest BCUT2D eigenvalue weighted by Gasteiger charge is 2.19. The number of benzene rings is 2. The molecule has 0 aliphatic rings. The Morgan fingerprint density at radius 1 is 1.05 bits per heavy atom. The zero-order chi connectivity index (χ0) is 14.9. The Morgan fingerprint density at radius 3 is 2.30 bits per heavy atom. The molecule has 1 atom stereocenters. The first-order valence-electron chi connectivity index (χ1n) is 5.56. The number of ether oxygens (including phenoxy) is 1. The molecule has 106 valence electrons. The maximum Gasteiger partial charge on any atom is 0.141 e. The minimum Gasteiger partial charge on any atom is -0.496 e. The van der Waals surface area contributed by atoms with Gasteiger partial charge in [0.05, 0.1) is 21.4 Å². The van der Waals surface area contributed by atoms with Crippen LogP contribution in [0, 0.1) is 11.6 Å². The predicted octanol–water partition coefficient (Wildman–Crippen LogP) is 5.83. The van der Waals surface area contributed by atoms with E-state index in [2.05, 4.69) is 31.9 Å². The Bertz CT molecular complexity index is 649. The molecule has 2 aromatic carbocycles. The van der Waals surface area contributed by atoms with Crippen LogP contribution in [0.4, 0.5) is 8.78 Å². The first kappa shape index (κ1) is 15.7. The van der Waals surface area contributed by atoms with Crippen LogP contribution in [0.15, 0.2) is 39.3 Å². The van der Waals surface area contributed by atoms with Crippen LogP contribution in [0.1, 0.15) is 16.5 Å². The molecule has 0 radical (unpaired) electrons. The van der Waals surface area contributed by atoms with Crippen LogP contribution in [-0.2, 0) is 0 Å². The zero-order valence-electron chi connectivity index (χ0n) is 10.3. The zero-order valence-corrected chi connectivity index (χ0v) is 14.2. The van der Waals surface area contributed by atoms with Gasteiger partial charge in [-0.1, -0.05) is 6.07 Å². The van der Waals surface area contributed by atoms with Crippen molar-refractivity contribution in [2.75, 3.05) is 7.11 Å². The summed E-state index contributed by atoms with van der Waals surface area (Å²) in [5.41, 5.74) is 1.28. The SMILES string of the molecule is COc1cc(F)c(Br)cc1C(Cl)c1ccc(F)c(Br)c1. The molecule has 0 amide bonds. The smallest absolute Gasteiger partial charge is 0.141 e. The molecule has 6 heteroatoms. The van der Waals surface area contributed by atoms with Crippen molar-refractivity contribution in [3.05, 3.63) is 62.0 Å². The van der Waals surface area contributed by atoms with Crippen molar-refractivity contribution >= 4 is 43.5 Å². The lowest BCUT2D eigenvalue weighted by Crippen LogP contribution is -1.99. The van der Waals surface area contributed by atoms with Crippen LogP contribution in [0.3, 0.4) is 0 Å². The topological polar surface area (TPSA) is 9.23 Å². The van der Waals surface area contributed by atoms with Gasteiger partial charge in [0.25, 0.3) is 0 Å². The average molecular weight is 426 g/mol. The van der Waals surface area contributed by atoms with Crippen LogP contribution in [-0.4, -0.2) is 7.11 Å². The van der Waals surface area contributed by atoms with E-state index in [-0.39, 0.29) is 5.82 Å². The minimum atomic E-state index is -0.584. The molecule has 0 saturated heterocycles. The van der Waals surface area contributed by atoms with Gasteiger partial charge in [-0.05, 0) is 55.6 Å². The van der Waals surface area contributed by atoms with Crippen molar-refractivity contribution < 1.29 is 13.5 Å². The van der Waals surface area contributed by atoms with E-state index < -0.39 is 11.2 Å². The van der Waals surface area contributed by atoms with E-state index in [0.29, 0.717) is 25.8 Å². The summed E-state index contributed by atoms with van der Waals surface area (Å²) in [6.45, 7) is 0. The third-order valence-corrected chi connectivity index (χ3v) is 4.48. The molecule has 0 saturated carbocycles. The summed E-state index contributed by atoms with van der Waals surface area (Å²) in [6, 6.07) is 7.30. The van der Waals surface area contributed by atoms with Gasteiger partial charge in [0.1, 0.15) is 17.4 Å². The van der Waals surface area contributed by atoms with Crippen LogP contribution in [0.5, 0.6) is 5.75 Å². The predicted molar refractivity (Wildman–Crippen MR) is 82.4 cm³/mol. The monoisotopic (exact) mass is 424 g/mol. The molecule has 0 spiro atoms. The lowest BCUT2D eigenvalue weighted by molar-refractivity contribution is 0.406. The molecule has 1 unspecified atom stereocenters. The van der Waals surface area contributed by atoms with E-state index in [4.69, 9.17) is 16.3 Å². The molecule has 0 fully saturated rings. The molecule has 1 nitrogen and oxygen atoms in total. The van der Waals surface area contributed by atoms with Gasteiger partial charge in [0.2, 0.25) is 0 Å². The Kier molecular flexibility index (Phi) is 5.04. The van der Waals surface area contributed by atoms with E-state index in [1.807, 2.05) is 0 Å². The molecule has 0 N–H and O–H groups in total. The minimum absolute atomic E-state index is 0.292. The summed E-state index contributed by atoms with van der Waals surface area (Å²) in [4.78, 5) is 0. The number of hydrogen-bond acceptors (Lipinski definition) is 1. The standard InChI is InChI=1S/C14H9Br2ClF2O/c1-20-13-6-12(19)10(16)5-8(13)14(17)7-2-3-11(18)9(15)4-7/h2-6,14H,1H3. The third kappa shape index (κ3) is 3.15. The summed E-state index contributed by atoms with van der Waals surface area (Å²) < 4.78 is 32.5. The number of rotatable bonds is 3. The van der Waals surface area contributed by atoms with Crippen LogP contribution >= 0.6 is 43.5 Å². The molecule has 0 aromatic heterocycles. The van der Waals surface area contributed by atoms with Gasteiger partial charge in [-0.3, -0.25) is 0 Å². The number of methoxy groups -OCH3 is 1. The van der Waals surface area contributed by atoms with E-state index in [1.165, 1.54) is 19.2 Å². The second-order valence-corrected chi connectivity index (χ2v) is 6.19. The fourth-order valence-corrected chi connectivity index (χ4v) is 2.83. The summed E-state index contributed by atoms with van der Waals surface area (Å²) in [5, 5.41) is -0.584. The Balaban J connectivity index is 2.49. The normalized spacial score (nSPS) is 12.3.